The van der Waals surface area contributed by atoms with Crippen LogP contribution < -0.4 is 15.0 Å². The van der Waals surface area contributed by atoms with Gasteiger partial charge in [0.25, 0.3) is 5.56 Å². The van der Waals surface area contributed by atoms with Crippen LogP contribution in [0.3, 0.4) is 0 Å². The van der Waals surface area contributed by atoms with E-state index in [1.165, 1.54) is 14.2 Å². The van der Waals surface area contributed by atoms with E-state index in [4.69, 9.17) is 44.3 Å². The van der Waals surface area contributed by atoms with Gasteiger partial charge in [0.2, 0.25) is 0 Å². The normalized spacial score (nSPS) is 13.8. The third-order valence-corrected chi connectivity index (χ3v) is 5.88. The molecule has 0 atom stereocenters. The van der Waals surface area contributed by atoms with Gasteiger partial charge in [-0.05, 0) is 30.9 Å². The van der Waals surface area contributed by atoms with Crippen molar-refractivity contribution in [3.63, 3.8) is 0 Å². The Balaban J connectivity index is 2.08. The molecule has 5 nitrogen and oxygen atoms in total. The molecule has 4 rings (SSSR count). The number of halogens is 3. The van der Waals surface area contributed by atoms with Crippen LogP contribution in [0.15, 0.2) is 29.2 Å². The topological polar surface area (TPSA) is 53.4 Å². The van der Waals surface area contributed by atoms with Crippen LogP contribution in [0.4, 0.5) is 0 Å². The Morgan fingerprint density at radius 2 is 1.71 bits per heavy atom. The zero-order valence-electron chi connectivity index (χ0n) is 15.3. The Labute approximate surface area is 176 Å². The third-order valence-electron chi connectivity index (χ3n) is 4.93. The molecule has 0 amide bonds. The Morgan fingerprint density at radius 3 is 2.29 bits per heavy atom. The Hall–Kier alpha value is -1.95. The second-order valence-corrected chi connectivity index (χ2v) is 7.91. The van der Waals surface area contributed by atoms with Gasteiger partial charge in [-0.1, -0.05) is 34.8 Å². The molecule has 1 fully saturated rings. The summed E-state index contributed by atoms with van der Waals surface area (Å²) in [5.41, 5.74) is 0.937. The van der Waals surface area contributed by atoms with Gasteiger partial charge in [-0.25, -0.2) is 4.98 Å². The number of rotatable bonds is 5. The van der Waals surface area contributed by atoms with Crippen molar-refractivity contribution in [2.75, 3.05) is 14.2 Å². The number of nitrogens with zero attached hydrogens (tertiary/aromatic N) is 2. The monoisotopic (exact) mass is 438 g/mol. The van der Waals surface area contributed by atoms with E-state index in [9.17, 15) is 4.79 Å². The van der Waals surface area contributed by atoms with Gasteiger partial charge < -0.3 is 14.0 Å². The lowest BCUT2D eigenvalue weighted by Crippen LogP contribution is -2.23. The first kappa shape index (κ1) is 19.4. The van der Waals surface area contributed by atoms with E-state index in [0.717, 1.165) is 12.8 Å². The minimum atomic E-state index is -0.155. The first-order valence-electron chi connectivity index (χ1n) is 8.74. The van der Waals surface area contributed by atoms with Crippen LogP contribution in [-0.4, -0.2) is 23.8 Å². The van der Waals surface area contributed by atoms with Crippen LogP contribution in [0.25, 0.3) is 22.0 Å². The molecule has 1 aromatic carbocycles. The average Bonchev–Trinajstić information content (AvgIpc) is 3.50. The molecule has 0 aliphatic heterocycles. The summed E-state index contributed by atoms with van der Waals surface area (Å²) >= 11 is 19.2. The highest BCUT2D eigenvalue weighted by Crippen LogP contribution is 2.46. The maximum atomic E-state index is 13.3. The number of methoxy groups -OCH3 is 2. The average molecular weight is 440 g/mol. The highest BCUT2D eigenvalue weighted by Gasteiger charge is 2.27. The number of benzene rings is 1. The van der Waals surface area contributed by atoms with Crippen LogP contribution >= 0.6 is 34.8 Å². The summed E-state index contributed by atoms with van der Waals surface area (Å²) in [6, 6.07) is 5.07. The number of hydrogen-bond acceptors (Lipinski definition) is 4. The summed E-state index contributed by atoms with van der Waals surface area (Å²) in [4.78, 5) is 17.4. The van der Waals surface area contributed by atoms with Crippen molar-refractivity contribution in [2.45, 2.75) is 19.4 Å². The first-order chi connectivity index (χ1) is 13.4. The smallest absolute Gasteiger partial charge is 0.259 e. The molecule has 1 aliphatic rings. The van der Waals surface area contributed by atoms with E-state index in [1.54, 1.807) is 22.9 Å². The molecule has 2 aromatic heterocycles. The molecule has 1 saturated carbocycles. The Bertz CT molecular complexity index is 1110. The van der Waals surface area contributed by atoms with E-state index in [2.05, 4.69) is 4.98 Å². The summed E-state index contributed by atoms with van der Waals surface area (Å²) < 4.78 is 12.5. The van der Waals surface area contributed by atoms with Gasteiger partial charge in [0.1, 0.15) is 16.7 Å². The quantitative estimate of drug-likeness (QED) is 0.496. The van der Waals surface area contributed by atoms with Crippen LogP contribution in [0, 0.1) is 5.92 Å². The van der Waals surface area contributed by atoms with E-state index in [1.807, 2.05) is 6.07 Å². The van der Waals surface area contributed by atoms with E-state index >= 15 is 0 Å². The van der Waals surface area contributed by atoms with Gasteiger partial charge >= 0.3 is 0 Å². The molecule has 8 heteroatoms. The predicted octanol–water partition coefficient (Wildman–Crippen LogP) is 5.45. The highest BCUT2D eigenvalue weighted by molar-refractivity contribution is 6.41. The fourth-order valence-corrected chi connectivity index (χ4v) is 4.13. The molecule has 2 heterocycles. The molecular formula is C20H17Cl3N2O3. The number of aromatic nitrogens is 2. The van der Waals surface area contributed by atoms with Crippen molar-refractivity contribution in [1.82, 2.24) is 9.55 Å². The van der Waals surface area contributed by atoms with Crippen LogP contribution in [0.2, 0.25) is 15.2 Å². The van der Waals surface area contributed by atoms with Gasteiger partial charge in [-0.15, -0.1) is 0 Å². The lowest BCUT2D eigenvalue weighted by atomic mass is 10.1. The molecule has 0 bridgehead atoms. The summed E-state index contributed by atoms with van der Waals surface area (Å²) in [6.45, 7) is 0.580. The minimum Gasteiger partial charge on any atom is -0.495 e. The molecule has 0 saturated heterocycles. The fourth-order valence-electron chi connectivity index (χ4n) is 3.28. The predicted molar refractivity (Wildman–Crippen MR) is 112 cm³/mol. The maximum Gasteiger partial charge on any atom is 0.259 e. The zero-order chi connectivity index (χ0) is 20.0. The Kier molecular flexibility index (Phi) is 5.17. The molecule has 3 aromatic rings. The molecule has 0 spiro atoms. The Morgan fingerprint density at radius 1 is 1.07 bits per heavy atom. The minimum absolute atomic E-state index is 0.155. The number of hydrogen-bond donors (Lipinski definition) is 0. The maximum absolute atomic E-state index is 13.3. The van der Waals surface area contributed by atoms with Crippen LogP contribution in [-0.2, 0) is 6.54 Å². The molecule has 1 aliphatic carbocycles. The van der Waals surface area contributed by atoms with Gasteiger partial charge in [0, 0.05) is 29.8 Å². The molecule has 0 radical (unpaired) electrons. The zero-order valence-corrected chi connectivity index (χ0v) is 17.5. The number of ether oxygens (including phenoxy) is 2. The van der Waals surface area contributed by atoms with E-state index < -0.39 is 0 Å². The summed E-state index contributed by atoms with van der Waals surface area (Å²) in [5.74, 6) is 1.28. The van der Waals surface area contributed by atoms with Gasteiger partial charge in [0.15, 0.2) is 0 Å². The summed E-state index contributed by atoms with van der Waals surface area (Å²) in [5, 5.41) is 2.07. The molecule has 28 heavy (non-hydrogen) atoms. The largest absolute Gasteiger partial charge is 0.495 e. The molecule has 146 valence electrons. The van der Waals surface area contributed by atoms with Crippen molar-refractivity contribution in [3.05, 3.63) is 49.9 Å². The number of fused-ring (bicyclic) bond motifs is 1. The fraction of sp³-hybridized carbons (Fsp3) is 0.300. The standard InChI is InChI=1S/C20H17Cl3N2O3/c1-27-14-7-15(28-2)19(23)17(18(14)22)13-5-11-8-24-16(21)6-12(11)20(26)25(13)9-10-3-4-10/h5-8,10H,3-4,9H2,1-2H3. The van der Waals surface area contributed by atoms with E-state index in [0.29, 0.717) is 56.0 Å². The molecule has 0 N–H and O–H groups in total. The second-order valence-electron chi connectivity index (χ2n) is 6.77. The lowest BCUT2D eigenvalue weighted by Gasteiger charge is -2.19. The van der Waals surface area contributed by atoms with Crippen LogP contribution in [0.1, 0.15) is 12.8 Å². The van der Waals surface area contributed by atoms with E-state index in [-0.39, 0.29) is 10.7 Å². The summed E-state index contributed by atoms with van der Waals surface area (Å²) in [6.07, 6.45) is 3.75. The first-order valence-corrected chi connectivity index (χ1v) is 9.87. The lowest BCUT2D eigenvalue weighted by molar-refractivity contribution is 0.395. The summed E-state index contributed by atoms with van der Waals surface area (Å²) in [7, 11) is 3.03. The van der Waals surface area contributed by atoms with Crippen molar-refractivity contribution >= 4 is 45.6 Å². The number of pyridine rings is 2. The van der Waals surface area contributed by atoms with Gasteiger partial charge in [-0.2, -0.15) is 0 Å². The second kappa shape index (κ2) is 7.47. The van der Waals surface area contributed by atoms with Crippen molar-refractivity contribution in [2.24, 2.45) is 5.92 Å². The van der Waals surface area contributed by atoms with Crippen molar-refractivity contribution < 1.29 is 9.47 Å². The van der Waals surface area contributed by atoms with Crippen molar-refractivity contribution in [1.29, 1.82) is 0 Å². The molecular weight excluding hydrogens is 423 g/mol. The van der Waals surface area contributed by atoms with Crippen LogP contribution in [0.5, 0.6) is 11.5 Å². The highest BCUT2D eigenvalue weighted by atomic mass is 35.5. The molecule has 0 unspecified atom stereocenters. The van der Waals surface area contributed by atoms with Gasteiger partial charge in [0.05, 0.1) is 35.3 Å². The van der Waals surface area contributed by atoms with Gasteiger partial charge in [-0.3, -0.25) is 4.79 Å². The SMILES string of the molecule is COc1cc(OC)c(Cl)c(-c2cc3cnc(Cl)cc3c(=O)n2CC2CC2)c1Cl. The van der Waals surface area contributed by atoms with Crippen molar-refractivity contribution in [3.8, 4) is 22.8 Å². The third kappa shape index (κ3) is 3.32.